The molecule has 1 aromatic rings. The van der Waals surface area contributed by atoms with E-state index in [-0.39, 0.29) is 5.91 Å². The van der Waals surface area contributed by atoms with Crippen molar-refractivity contribution < 1.29 is 9.53 Å². The van der Waals surface area contributed by atoms with Gasteiger partial charge in [-0.05, 0) is 30.2 Å². The zero-order valence-electron chi connectivity index (χ0n) is 24.3. The van der Waals surface area contributed by atoms with E-state index in [2.05, 4.69) is 24.8 Å². The number of rotatable bonds is 22. The lowest BCUT2D eigenvalue weighted by atomic mass is 10.0. The first-order valence-electron chi connectivity index (χ1n) is 15.7. The lowest BCUT2D eigenvalue weighted by Gasteiger charge is -2.15. The van der Waals surface area contributed by atoms with Gasteiger partial charge in [0.2, 0.25) is 0 Å². The zero-order chi connectivity index (χ0) is 26.4. The molecule has 2 rings (SSSR count). The number of carbonyl (C=O) groups excluding carboxylic acids is 1. The third kappa shape index (κ3) is 14.1. The number of amides is 1. The summed E-state index contributed by atoms with van der Waals surface area (Å²) in [6, 6.07) is 5.94. The zero-order valence-corrected chi connectivity index (χ0v) is 24.3. The van der Waals surface area contributed by atoms with Crippen LogP contribution in [0.3, 0.4) is 0 Å². The molecule has 3 nitrogen and oxygen atoms in total. The van der Waals surface area contributed by atoms with Crippen LogP contribution in [-0.2, 0) is 11.3 Å². The summed E-state index contributed by atoms with van der Waals surface area (Å²) in [6.07, 6.45) is 27.9. The average Bonchev–Trinajstić information content (AvgIpc) is 3.22. The topological polar surface area (TPSA) is 29.5 Å². The molecule has 1 aliphatic rings. The Hall–Kier alpha value is -1.79. The van der Waals surface area contributed by atoms with Crippen molar-refractivity contribution >= 4 is 5.91 Å². The molecule has 0 atom stereocenters. The highest BCUT2D eigenvalue weighted by Gasteiger charge is 2.26. The van der Waals surface area contributed by atoms with E-state index >= 15 is 0 Å². The number of ether oxygens (including phenoxy) is 1. The van der Waals surface area contributed by atoms with E-state index in [1.165, 1.54) is 122 Å². The van der Waals surface area contributed by atoms with Crippen LogP contribution in [0.5, 0.6) is 0 Å². The van der Waals surface area contributed by atoms with Crippen LogP contribution in [0.2, 0.25) is 0 Å². The minimum Gasteiger partial charge on any atom is -0.372 e. The smallest absolute Gasteiger partial charge is 0.254 e. The van der Waals surface area contributed by atoms with Crippen LogP contribution in [0.1, 0.15) is 157 Å². The van der Waals surface area contributed by atoms with Gasteiger partial charge in [-0.1, -0.05) is 141 Å². The summed E-state index contributed by atoms with van der Waals surface area (Å²) in [7, 11) is 1.65. The SMILES string of the molecule is CCCCCCCCCCCCCCCCCCCCCCN1Cc2cc(C#CCOC)ccc2C1=O. The second-order valence-electron chi connectivity index (χ2n) is 11.1. The second-order valence-corrected chi connectivity index (χ2v) is 11.1. The summed E-state index contributed by atoms with van der Waals surface area (Å²) < 4.78 is 4.99. The fraction of sp³-hybridized carbons (Fsp3) is 0.735. The molecule has 0 unspecified atom stereocenters. The number of nitrogens with zero attached hydrogens (tertiary/aromatic N) is 1. The highest BCUT2D eigenvalue weighted by atomic mass is 16.5. The molecule has 3 heteroatoms. The number of hydrogen-bond acceptors (Lipinski definition) is 2. The molecule has 0 fully saturated rings. The first-order valence-corrected chi connectivity index (χ1v) is 15.7. The lowest BCUT2D eigenvalue weighted by Crippen LogP contribution is -2.24. The van der Waals surface area contributed by atoms with Gasteiger partial charge in [0.05, 0.1) is 0 Å². The molecule has 0 saturated heterocycles. The molecule has 0 bridgehead atoms. The molecule has 0 N–H and O–H groups in total. The van der Waals surface area contributed by atoms with Crippen molar-refractivity contribution in [1.82, 2.24) is 4.90 Å². The van der Waals surface area contributed by atoms with Crippen molar-refractivity contribution in [3.8, 4) is 11.8 Å². The summed E-state index contributed by atoms with van der Waals surface area (Å²) in [4.78, 5) is 14.7. The monoisotopic (exact) mass is 509 g/mol. The number of fused-ring (bicyclic) bond motifs is 1. The largest absolute Gasteiger partial charge is 0.372 e. The minimum absolute atomic E-state index is 0.184. The van der Waals surface area contributed by atoms with Gasteiger partial charge in [-0.3, -0.25) is 4.79 Å². The van der Waals surface area contributed by atoms with Crippen LogP contribution in [0.4, 0.5) is 0 Å². The van der Waals surface area contributed by atoms with Gasteiger partial charge in [0, 0.05) is 31.3 Å². The second kappa shape index (κ2) is 21.2. The van der Waals surface area contributed by atoms with E-state index in [1.807, 2.05) is 17.0 Å². The van der Waals surface area contributed by atoms with Gasteiger partial charge >= 0.3 is 0 Å². The van der Waals surface area contributed by atoms with E-state index in [1.54, 1.807) is 7.11 Å². The van der Waals surface area contributed by atoms with Gasteiger partial charge < -0.3 is 9.64 Å². The third-order valence-corrected chi connectivity index (χ3v) is 7.71. The van der Waals surface area contributed by atoms with E-state index in [0.717, 1.165) is 36.2 Å². The fourth-order valence-corrected chi connectivity index (χ4v) is 5.41. The third-order valence-electron chi connectivity index (χ3n) is 7.71. The summed E-state index contributed by atoms with van der Waals surface area (Å²) >= 11 is 0. The molecule has 0 saturated carbocycles. The van der Waals surface area contributed by atoms with Gasteiger partial charge in [-0.15, -0.1) is 0 Å². The number of unbranched alkanes of at least 4 members (excludes halogenated alkanes) is 19. The van der Waals surface area contributed by atoms with Crippen LogP contribution in [-0.4, -0.2) is 31.1 Å². The average molecular weight is 510 g/mol. The molecule has 0 radical (unpaired) electrons. The van der Waals surface area contributed by atoms with Crippen LogP contribution >= 0.6 is 0 Å². The van der Waals surface area contributed by atoms with Crippen LogP contribution in [0, 0.1) is 11.8 Å². The van der Waals surface area contributed by atoms with Gasteiger partial charge in [0.1, 0.15) is 6.61 Å². The highest BCUT2D eigenvalue weighted by molar-refractivity contribution is 5.98. The Kier molecular flexibility index (Phi) is 18.0. The normalized spacial score (nSPS) is 12.6. The van der Waals surface area contributed by atoms with E-state index in [9.17, 15) is 4.79 Å². The van der Waals surface area contributed by atoms with E-state index in [4.69, 9.17) is 4.74 Å². The molecule has 1 aromatic carbocycles. The van der Waals surface area contributed by atoms with E-state index in [0.29, 0.717) is 6.61 Å². The van der Waals surface area contributed by atoms with Gasteiger partial charge in [0.15, 0.2) is 0 Å². The molecular formula is C34H55NO2. The van der Waals surface area contributed by atoms with Gasteiger partial charge in [0.25, 0.3) is 5.91 Å². The summed E-state index contributed by atoms with van der Waals surface area (Å²) in [5.74, 6) is 6.28. The molecule has 0 spiro atoms. The van der Waals surface area contributed by atoms with Gasteiger partial charge in [-0.25, -0.2) is 0 Å². The maximum atomic E-state index is 12.7. The standard InChI is InChI=1S/C34H55NO2/c1-3-4-5-6-7-8-9-10-11-12-13-14-15-16-17-18-19-20-21-22-27-35-30-32-29-31(24-23-28-37-2)25-26-33(32)34(35)36/h25-26,29H,3-22,27-28,30H2,1-2H3. The Labute approximate surface area is 229 Å². The highest BCUT2D eigenvalue weighted by Crippen LogP contribution is 2.24. The predicted octanol–water partition coefficient (Wildman–Crippen LogP) is 9.46. The maximum Gasteiger partial charge on any atom is 0.254 e. The molecule has 0 aromatic heterocycles. The number of methoxy groups -OCH3 is 1. The van der Waals surface area contributed by atoms with Gasteiger partial charge in [-0.2, -0.15) is 0 Å². The number of benzene rings is 1. The van der Waals surface area contributed by atoms with Crippen molar-refractivity contribution in [3.63, 3.8) is 0 Å². The molecule has 1 amide bonds. The summed E-state index contributed by atoms with van der Waals surface area (Å²) in [5, 5.41) is 0. The minimum atomic E-state index is 0.184. The molecule has 1 aliphatic heterocycles. The quantitative estimate of drug-likeness (QED) is 0.115. The fourth-order valence-electron chi connectivity index (χ4n) is 5.41. The van der Waals surface area contributed by atoms with Crippen molar-refractivity contribution in [2.45, 2.75) is 142 Å². The Bertz CT molecular complexity index is 791. The van der Waals surface area contributed by atoms with Crippen molar-refractivity contribution in [2.24, 2.45) is 0 Å². The Morgan fingerprint density at radius 3 is 1.70 bits per heavy atom. The predicted molar refractivity (Wildman–Crippen MR) is 158 cm³/mol. The van der Waals surface area contributed by atoms with Crippen LogP contribution in [0.15, 0.2) is 18.2 Å². The van der Waals surface area contributed by atoms with Crippen molar-refractivity contribution in [3.05, 3.63) is 34.9 Å². The number of hydrogen-bond donors (Lipinski definition) is 0. The maximum absolute atomic E-state index is 12.7. The van der Waals surface area contributed by atoms with Crippen molar-refractivity contribution in [2.75, 3.05) is 20.3 Å². The first kappa shape index (κ1) is 31.4. The molecular weight excluding hydrogens is 454 g/mol. The molecule has 1 heterocycles. The summed E-state index contributed by atoms with van der Waals surface area (Å²) in [5.41, 5.74) is 2.93. The lowest BCUT2D eigenvalue weighted by molar-refractivity contribution is 0.0775. The molecule has 0 aliphatic carbocycles. The molecule has 37 heavy (non-hydrogen) atoms. The van der Waals surface area contributed by atoms with Crippen LogP contribution < -0.4 is 0 Å². The van der Waals surface area contributed by atoms with Crippen LogP contribution in [0.25, 0.3) is 0 Å². The Morgan fingerprint density at radius 1 is 0.730 bits per heavy atom. The summed E-state index contributed by atoms with van der Waals surface area (Å²) in [6.45, 7) is 4.33. The Morgan fingerprint density at radius 2 is 1.22 bits per heavy atom. The van der Waals surface area contributed by atoms with E-state index < -0.39 is 0 Å². The van der Waals surface area contributed by atoms with Crippen molar-refractivity contribution in [1.29, 1.82) is 0 Å². The number of carbonyl (C=O) groups is 1. The molecule has 208 valence electrons. The first-order chi connectivity index (χ1) is 18.3. The Balaban J connectivity index is 1.36.